The molecule has 2 N–H and O–H groups in total. The van der Waals surface area contributed by atoms with Crippen molar-refractivity contribution >= 4 is 17.5 Å². The van der Waals surface area contributed by atoms with E-state index in [2.05, 4.69) is 10.6 Å². The zero-order chi connectivity index (χ0) is 21.2. The number of carbonyl (C=O) groups is 2. The Morgan fingerprint density at radius 3 is 2.33 bits per heavy atom. The van der Waals surface area contributed by atoms with E-state index in [1.54, 1.807) is 12.1 Å². The maximum Gasteiger partial charge on any atom is 0.255 e. The Kier molecular flexibility index (Phi) is 7.61. The van der Waals surface area contributed by atoms with Crippen LogP contribution >= 0.6 is 0 Å². The smallest absolute Gasteiger partial charge is 0.255 e. The van der Waals surface area contributed by atoms with Crippen LogP contribution in [0.25, 0.3) is 0 Å². The Morgan fingerprint density at radius 1 is 0.900 bits per heavy atom. The van der Waals surface area contributed by atoms with E-state index >= 15 is 0 Å². The molecular weight excluding hydrogens is 376 g/mol. The number of hydrogen-bond acceptors (Lipinski definition) is 3. The van der Waals surface area contributed by atoms with Crippen LogP contribution in [-0.4, -0.2) is 18.4 Å². The highest BCUT2D eigenvalue weighted by Crippen LogP contribution is 2.18. The molecule has 0 spiro atoms. The molecule has 0 aliphatic rings. The van der Waals surface area contributed by atoms with Crippen molar-refractivity contribution < 1.29 is 14.3 Å². The Morgan fingerprint density at radius 2 is 1.60 bits per heavy atom. The average molecular weight is 402 g/mol. The summed E-state index contributed by atoms with van der Waals surface area (Å²) < 4.78 is 5.61. The standard InChI is InChI=1S/C25H26N2O3/c1-19(26-24(28)16-9-17-30-23-14-6-3-7-15-23)21-12-8-13-22(18-21)27-25(29)20-10-4-2-5-11-20/h2-8,10-15,18-19H,9,16-17H2,1H3,(H,26,28)(H,27,29). The van der Waals surface area contributed by atoms with E-state index in [0.29, 0.717) is 30.7 Å². The summed E-state index contributed by atoms with van der Waals surface area (Å²) in [6.07, 6.45) is 1.03. The molecule has 0 saturated carbocycles. The van der Waals surface area contributed by atoms with Crippen LogP contribution in [0.4, 0.5) is 5.69 Å². The SMILES string of the molecule is CC(NC(=O)CCCOc1ccccc1)c1cccc(NC(=O)c2ccccc2)c1. The van der Waals surface area contributed by atoms with E-state index in [1.165, 1.54) is 0 Å². The highest BCUT2D eigenvalue weighted by atomic mass is 16.5. The van der Waals surface area contributed by atoms with Crippen molar-refractivity contribution in [3.8, 4) is 5.75 Å². The molecule has 30 heavy (non-hydrogen) atoms. The second kappa shape index (κ2) is 10.8. The van der Waals surface area contributed by atoms with E-state index < -0.39 is 0 Å². The summed E-state index contributed by atoms with van der Waals surface area (Å²) in [5.41, 5.74) is 2.22. The van der Waals surface area contributed by atoms with Crippen molar-refractivity contribution in [3.05, 3.63) is 96.1 Å². The molecule has 0 saturated heterocycles. The molecular formula is C25H26N2O3. The number of nitrogens with one attached hydrogen (secondary N) is 2. The van der Waals surface area contributed by atoms with E-state index in [9.17, 15) is 9.59 Å². The summed E-state index contributed by atoms with van der Waals surface area (Å²) in [7, 11) is 0. The molecule has 0 aliphatic heterocycles. The number of para-hydroxylation sites is 1. The van der Waals surface area contributed by atoms with Crippen LogP contribution in [0.5, 0.6) is 5.75 Å². The molecule has 5 nitrogen and oxygen atoms in total. The molecule has 0 aliphatic carbocycles. The van der Waals surface area contributed by atoms with Crippen molar-refractivity contribution in [2.24, 2.45) is 0 Å². The Balaban J connectivity index is 1.46. The van der Waals surface area contributed by atoms with Crippen molar-refractivity contribution in [2.45, 2.75) is 25.8 Å². The van der Waals surface area contributed by atoms with Gasteiger partial charge < -0.3 is 15.4 Å². The third-order valence-electron chi connectivity index (χ3n) is 4.62. The monoisotopic (exact) mass is 402 g/mol. The molecule has 3 rings (SSSR count). The molecule has 0 fully saturated rings. The van der Waals surface area contributed by atoms with Crippen LogP contribution in [0.15, 0.2) is 84.9 Å². The minimum Gasteiger partial charge on any atom is -0.494 e. The van der Waals surface area contributed by atoms with Gasteiger partial charge in [-0.3, -0.25) is 9.59 Å². The maximum atomic E-state index is 12.3. The van der Waals surface area contributed by atoms with Gasteiger partial charge in [0.1, 0.15) is 5.75 Å². The molecule has 1 atom stereocenters. The summed E-state index contributed by atoms with van der Waals surface area (Å²) in [5.74, 6) is 0.612. The fraction of sp³-hybridized carbons (Fsp3) is 0.200. The van der Waals surface area contributed by atoms with Crippen molar-refractivity contribution in [1.29, 1.82) is 0 Å². The lowest BCUT2D eigenvalue weighted by atomic mass is 10.1. The summed E-state index contributed by atoms with van der Waals surface area (Å²) in [4.78, 5) is 24.6. The third-order valence-corrected chi connectivity index (χ3v) is 4.62. The number of benzene rings is 3. The van der Waals surface area contributed by atoms with Crippen LogP contribution in [0.3, 0.4) is 0 Å². The molecule has 5 heteroatoms. The summed E-state index contributed by atoms with van der Waals surface area (Å²) in [5, 5.41) is 5.90. The van der Waals surface area contributed by atoms with Gasteiger partial charge in [0, 0.05) is 17.7 Å². The highest BCUT2D eigenvalue weighted by Gasteiger charge is 2.11. The first kappa shape index (κ1) is 21.1. The van der Waals surface area contributed by atoms with Gasteiger partial charge in [-0.2, -0.15) is 0 Å². The summed E-state index contributed by atoms with van der Waals surface area (Å²) in [6, 6.07) is 26.0. The van der Waals surface area contributed by atoms with Crippen molar-refractivity contribution in [3.63, 3.8) is 0 Å². The highest BCUT2D eigenvalue weighted by molar-refractivity contribution is 6.04. The average Bonchev–Trinajstić information content (AvgIpc) is 2.78. The Hall–Kier alpha value is -3.60. The number of amides is 2. The van der Waals surface area contributed by atoms with E-state index in [4.69, 9.17) is 4.74 Å². The first-order valence-corrected chi connectivity index (χ1v) is 10.1. The van der Waals surface area contributed by atoms with E-state index in [-0.39, 0.29) is 17.9 Å². The molecule has 0 bridgehead atoms. The number of ether oxygens (including phenoxy) is 1. The first-order valence-electron chi connectivity index (χ1n) is 10.1. The fourth-order valence-corrected chi connectivity index (χ4v) is 3.02. The van der Waals surface area contributed by atoms with Crippen molar-refractivity contribution in [2.75, 3.05) is 11.9 Å². The van der Waals surface area contributed by atoms with Crippen LogP contribution in [-0.2, 0) is 4.79 Å². The van der Waals surface area contributed by atoms with E-state index in [0.717, 1.165) is 11.3 Å². The lowest BCUT2D eigenvalue weighted by Crippen LogP contribution is -2.26. The van der Waals surface area contributed by atoms with Gasteiger partial charge in [0.25, 0.3) is 5.91 Å². The zero-order valence-corrected chi connectivity index (χ0v) is 17.0. The Labute approximate surface area is 177 Å². The number of rotatable bonds is 9. The minimum atomic E-state index is -0.166. The number of hydrogen-bond donors (Lipinski definition) is 2. The van der Waals surface area contributed by atoms with Crippen LogP contribution in [0.1, 0.15) is 41.7 Å². The molecule has 3 aromatic rings. The topological polar surface area (TPSA) is 67.4 Å². The predicted molar refractivity (Wildman–Crippen MR) is 119 cm³/mol. The summed E-state index contributed by atoms with van der Waals surface area (Å²) >= 11 is 0. The lowest BCUT2D eigenvalue weighted by molar-refractivity contribution is -0.121. The predicted octanol–water partition coefficient (Wildman–Crippen LogP) is 4.98. The molecule has 1 unspecified atom stereocenters. The normalized spacial score (nSPS) is 11.4. The third kappa shape index (κ3) is 6.48. The fourth-order valence-electron chi connectivity index (χ4n) is 3.02. The van der Waals surface area contributed by atoms with Gasteiger partial charge in [0.05, 0.1) is 12.6 Å². The minimum absolute atomic E-state index is 0.0297. The van der Waals surface area contributed by atoms with Crippen LogP contribution < -0.4 is 15.4 Å². The molecule has 0 aromatic heterocycles. The summed E-state index contributed by atoms with van der Waals surface area (Å²) in [6.45, 7) is 2.42. The maximum absolute atomic E-state index is 12.3. The second-order valence-electron chi connectivity index (χ2n) is 7.00. The molecule has 0 heterocycles. The molecule has 154 valence electrons. The van der Waals surface area contributed by atoms with Crippen molar-refractivity contribution in [1.82, 2.24) is 5.32 Å². The second-order valence-corrected chi connectivity index (χ2v) is 7.00. The number of carbonyl (C=O) groups excluding carboxylic acids is 2. The van der Waals surface area contributed by atoms with Gasteiger partial charge in [-0.05, 0) is 55.3 Å². The Bertz CT molecular complexity index is 958. The van der Waals surface area contributed by atoms with Gasteiger partial charge >= 0.3 is 0 Å². The quantitative estimate of drug-likeness (QED) is 0.496. The lowest BCUT2D eigenvalue weighted by Gasteiger charge is -2.16. The molecule has 3 aromatic carbocycles. The number of anilines is 1. The van der Waals surface area contributed by atoms with Gasteiger partial charge in [-0.1, -0.05) is 48.5 Å². The molecule has 0 radical (unpaired) electrons. The van der Waals surface area contributed by atoms with E-state index in [1.807, 2.05) is 79.7 Å². The molecule has 2 amide bonds. The first-order chi connectivity index (χ1) is 14.6. The van der Waals surface area contributed by atoms with Gasteiger partial charge in [0.2, 0.25) is 5.91 Å². The van der Waals surface area contributed by atoms with Gasteiger partial charge in [-0.15, -0.1) is 0 Å². The van der Waals surface area contributed by atoms with Gasteiger partial charge in [-0.25, -0.2) is 0 Å². The van der Waals surface area contributed by atoms with Gasteiger partial charge in [0.15, 0.2) is 0 Å². The largest absolute Gasteiger partial charge is 0.494 e. The van der Waals surface area contributed by atoms with Crippen LogP contribution in [0.2, 0.25) is 0 Å². The zero-order valence-electron chi connectivity index (χ0n) is 17.0. The van der Waals surface area contributed by atoms with Crippen LogP contribution in [0, 0.1) is 0 Å².